The predicted octanol–water partition coefficient (Wildman–Crippen LogP) is 3.36. The third-order valence-corrected chi connectivity index (χ3v) is 3.29. The number of ether oxygens (including phenoxy) is 1. The average molecular weight is 278 g/mol. The minimum Gasteiger partial charge on any atom is -0.497 e. The molecule has 0 aliphatic heterocycles. The smallest absolute Gasteiger partial charge is 0.153 e. The van der Waals surface area contributed by atoms with Crippen LogP contribution in [-0.4, -0.2) is 23.2 Å². The highest BCUT2D eigenvalue weighted by Gasteiger charge is 2.13. The predicted molar refractivity (Wildman–Crippen MR) is 80.9 cm³/mol. The Morgan fingerprint density at radius 2 is 1.76 bits per heavy atom. The first-order valence-corrected chi connectivity index (χ1v) is 6.56. The number of carbonyl (C=O) groups is 1. The molecule has 0 unspecified atom stereocenters. The molecule has 104 valence electrons. The van der Waals surface area contributed by atoms with Gasteiger partial charge in [0.2, 0.25) is 0 Å². The van der Waals surface area contributed by atoms with Gasteiger partial charge in [0.15, 0.2) is 6.29 Å². The third kappa shape index (κ3) is 2.43. The van der Waals surface area contributed by atoms with Crippen LogP contribution < -0.4 is 4.74 Å². The maximum atomic E-state index is 11.3. The van der Waals surface area contributed by atoms with E-state index in [4.69, 9.17) is 4.74 Å². The largest absolute Gasteiger partial charge is 0.497 e. The molecular formula is C17H14N2O2. The Labute approximate surface area is 122 Å². The zero-order valence-electron chi connectivity index (χ0n) is 11.6. The van der Waals surface area contributed by atoms with Crippen LogP contribution in [-0.2, 0) is 0 Å². The van der Waals surface area contributed by atoms with Crippen LogP contribution in [0.3, 0.4) is 0 Å². The Kier molecular flexibility index (Phi) is 3.51. The Morgan fingerprint density at radius 1 is 1.05 bits per heavy atom. The van der Waals surface area contributed by atoms with E-state index in [-0.39, 0.29) is 0 Å². The maximum Gasteiger partial charge on any atom is 0.153 e. The highest BCUT2D eigenvalue weighted by molar-refractivity contribution is 5.86. The van der Waals surface area contributed by atoms with E-state index in [9.17, 15) is 4.79 Å². The number of aldehydes is 1. The molecule has 0 spiro atoms. The molecule has 0 amide bonds. The van der Waals surface area contributed by atoms with Crippen molar-refractivity contribution < 1.29 is 9.53 Å². The van der Waals surface area contributed by atoms with Crippen molar-refractivity contribution in [3.8, 4) is 22.7 Å². The van der Waals surface area contributed by atoms with Crippen molar-refractivity contribution in [1.29, 1.82) is 0 Å². The summed E-state index contributed by atoms with van der Waals surface area (Å²) in [4.78, 5) is 11.3. The molecule has 3 rings (SSSR count). The molecule has 0 atom stereocenters. The van der Waals surface area contributed by atoms with Crippen molar-refractivity contribution in [2.45, 2.75) is 0 Å². The molecule has 0 N–H and O–H groups in total. The molecule has 1 heterocycles. The number of carbonyl (C=O) groups excluding carboxylic acids is 1. The number of hydrogen-bond donors (Lipinski definition) is 0. The minimum atomic E-state index is 0.567. The maximum absolute atomic E-state index is 11.3. The molecule has 2 aromatic carbocycles. The molecule has 1 aromatic heterocycles. The molecule has 0 aliphatic rings. The highest BCUT2D eigenvalue weighted by Crippen LogP contribution is 2.26. The quantitative estimate of drug-likeness (QED) is 0.687. The lowest BCUT2D eigenvalue weighted by atomic mass is 10.1. The van der Waals surface area contributed by atoms with Crippen molar-refractivity contribution in [2.24, 2.45) is 0 Å². The van der Waals surface area contributed by atoms with Gasteiger partial charge >= 0.3 is 0 Å². The Morgan fingerprint density at radius 3 is 2.38 bits per heavy atom. The van der Waals surface area contributed by atoms with E-state index < -0.39 is 0 Å². The van der Waals surface area contributed by atoms with E-state index in [0.29, 0.717) is 5.56 Å². The zero-order chi connectivity index (χ0) is 14.7. The van der Waals surface area contributed by atoms with Gasteiger partial charge in [0.05, 0.1) is 30.3 Å². The first kappa shape index (κ1) is 13.1. The summed E-state index contributed by atoms with van der Waals surface area (Å²) in [6.45, 7) is 0. The second kappa shape index (κ2) is 5.63. The van der Waals surface area contributed by atoms with Crippen LogP contribution in [0.5, 0.6) is 5.75 Å². The highest BCUT2D eigenvalue weighted by atomic mass is 16.5. The number of rotatable bonds is 4. The number of aromatic nitrogens is 2. The van der Waals surface area contributed by atoms with Crippen molar-refractivity contribution in [1.82, 2.24) is 9.78 Å². The Bertz CT molecular complexity index is 746. The summed E-state index contributed by atoms with van der Waals surface area (Å²) in [5, 5.41) is 4.33. The van der Waals surface area contributed by atoms with Gasteiger partial charge in [0, 0.05) is 5.56 Å². The molecular weight excluding hydrogens is 264 g/mol. The lowest BCUT2D eigenvalue weighted by molar-refractivity contribution is 0.112. The molecule has 4 heteroatoms. The standard InChI is InChI=1S/C17H14N2O2/c1-21-16-9-7-15(8-10-16)19-17(14(12-20)11-18-19)13-5-3-2-4-6-13/h2-12H,1H3. The fraction of sp³-hybridized carbons (Fsp3) is 0.0588. The fourth-order valence-electron chi connectivity index (χ4n) is 2.25. The molecule has 0 saturated heterocycles. The van der Waals surface area contributed by atoms with Gasteiger partial charge in [-0.15, -0.1) is 0 Å². The van der Waals surface area contributed by atoms with E-state index in [0.717, 1.165) is 29.0 Å². The second-order valence-electron chi connectivity index (χ2n) is 4.54. The molecule has 0 aliphatic carbocycles. The van der Waals surface area contributed by atoms with Crippen LogP contribution >= 0.6 is 0 Å². The molecule has 0 fully saturated rings. The summed E-state index contributed by atoms with van der Waals surface area (Å²) in [5.74, 6) is 0.780. The monoisotopic (exact) mass is 278 g/mol. The average Bonchev–Trinajstić information content (AvgIpc) is 2.99. The first-order chi connectivity index (χ1) is 10.3. The normalized spacial score (nSPS) is 10.3. The summed E-state index contributed by atoms with van der Waals surface area (Å²) >= 11 is 0. The summed E-state index contributed by atoms with van der Waals surface area (Å²) < 4.78 is 6.92. The van der Waals surface area contributed by atoms with Gasteiger partial charge in [-0.1, -0.05) is 30.3 Å². The Hall–Kier alpha value is -2.88. The number of methoxy groups -OCH3 is 1. The van der Waals surface area contributed by atoms with Crippen LogP contribution in [0.2, 0.25) is 0 Å². The molecule has 4 nitrogen and oxygen atoms in total. The fourth-order valence-corrected chi connectivity index (χ4v) is 2.25. The van der Waals surface area contributed by atoms with E-state index in [1.54, 1.807) is 18.0 Å². The van der Waals surface area contributed by atoms with Crippen LogP contribution in [0, 0.1) is 0 Å². The summed E-state index contributed by atoms with van der Waals surface area (Å²) in [6.07, 6.45) is 2.41. The van der Waals surface area contributed by atoms with Crippen molar-refractivity contribution in [2.75, 3.05) is 7.11 Å². The van der Waals surface area contributed by atoms with Gasteiger partial charge in [0.1, 0.15) is 5.75 Å². The molecule has 0 saturated carbocycles. The Balaban J connectivity index is 2.15. The molecule has 0 bridgehead atoms. The van der Waals surface area contributed by atoms with Gasteiger partial charge in [-0.2, -0.15) is 5.10 Å². The van der Waals surface area contributed by atoms with Gasteiger partial charge in [-0.25, -0.2) is 4.68 Å². The third-order valence-electron chi connectivity index (χ3n) is 3.29. The topological polar surface area (TPSA) is 44.1 Å². The first-order valence-electron chi connectivity index (χ1n) is 6.56. The molecule has 0 radical (unpaired) electrons. The lowest BCUT2D eigenvalue weighted by Crippen LogP contribution is -2.00. The van der Waals surface area contributed by atoms with Crippen LogP contribution in [0.1, 0.15) is 10.4 Å². The minimum absolute atomic E-state index is 0.567. The summed E-state index contributed by atoms with van der Waals surface area (Å²) in [7, 11) is 1.63. The van der Waals surface area contributed by atoms with Crippen molar-refractivity contribution >= 4 is 6.29 Å². The van der Waals surface area contributed by atoms with E-state index in [1.165, 1.54) is 0 Å². The lowest BCUT2D eigenvalue weighted by Gasteiger charge is -2.09. The van der Waals surface area contributed by atoms with Crippen LogP contribution in [0.25, 0.3) is 16.9 Å². The van der Waals surface area contributed by atoms with E-state index in [1.807, 2.05) is 54.6 Å². The number of nitrogens with zero attached hydrogens (tertiary/aromatic N) is 2. The van der Waals surface area contributed by atoms with E-state index in [2.05, 4.69) is 5.10 Å². The van der Waals surface area contributed by atoms with Gasteiger partial charge in [-0.05, 0) is 24.3 Å². The number of benzene rings is 2. The van der Waals surface area contributed by atoms with Crippen molar-refractivity contribution in [3.63, 3.8) is 0 Å². The SMILES string of the molecule is COc1ccc(-n2ncc(C=O)c2-c2ccccc2)cc1. The van der Waals surface area contributed by atoms with E-state index >= 15 is 0 Å². The van der Waals surface area contributed by atoms with Gasteiger partial charge < -0.3 is 4.74 Å². The van der Waals surface area contributed by atoms with Crippen LogP contribution in [0.4, 0.5) is 0 Å². The van der Waals surface area contributed by atoms with Gasteiger partial charge in [-0.3, -0.25) is 4.79 Å². The summed E-state index contributed by atoms with van der Waals surface area (Å²) in [5.41, 5.74) is 3.18. The van der Waals surface area contributed by atoms with Crippen molar-refractivity contribution in [3.05, 3.63) is 66.4 Å². The zero-order valence-corrected chi connectivity index (χ0v) is 11.6. The number of hydrogen-bond acceptors (Lipinski definition) is 3. The summed E-state index contributed by atoms with van der Waals surface area (Å²) in [6, 6.07) is 17.3. The second-order valence-corrected chi connectivity index (χ2v) is 4.54. The molecule has 3 aromatic rings. The molecule has 21 heavy (non-hydrogen) atoms. The van der Waals surface area contributed by atoms with Gasteiger partial charge in [0.25, 0.3) is 0 Å². The van der Waals surface area contributed by atoms with Crippen LogP contribution in [0.15, 0.2) is 60.8 Å².